The fourth-order valence-electron chi connectivity index (χ4n) is 8.16. The van der Waals surface area contributed by atoms with Crippen LogP contribution in [0.1, 0.15) is 25.0 Å². The smallest absolute Gasteiger partial charge is 0.227 e. The van der Waals surface area contributed by atoms with Gasteiger partial charge in [0.2, 0.25) is 11.8 Å². The molecule has 0 N–H and O–H groups in total. The van der Waals surface area contributed by atoms with E-state index in [2.05, 4.69) is 98.8 Å². The van der Waals surface area contributed by atoms with Crippen molar-refractivity contribution < 1.29 is 13.3 Å². The fraction of sp³-hybridized carbons (Fsp3) is 0.0638. The standard InChI is InChI=1S/C47H30N2O3/c1-47(2)37-26-29(18-19-33(37)35-20-21-36-34-12-3-6-15-40(34)50-44(36)43(35)47)27-10-9-11-28(22-27)30-23-31(45-48-38-13-4-7-16-41(38)51-45)25-32(24-30)46-49-39-14-5-8-17-42(39)52-46/h3-26H,1-2H3. The highest BCUT2D eigenvalue weighted by Gasteiger charge is 2.38. The van der Waals surface area contributed by atoms with E-state index in [1.165, 1.54) is 27.6 Å². The summed E-state index contributed by atoms with van der Waals surface area (Å²) in [5.41, 5.74) is 15.9. The van der Waals surface area contributed by atoms with Crippen molar-refractivity contribution in [2.45, 2.75) is 19.3 Å². The van der Waals surface area contributed by atoms with Crippen LogP contribution in [0.3, 0.4) is 0 Å². The molecule has 1 aliphatic rings. The molecule has 0 saturated carbocycles. The molecule has 11 rings (SSSR count). The van der Waals surface area contributed by atoms with Gasteiger partial charge in [0.05, 0.1) is 0 Å². The lowest BCUT2D eigenvalue weighted by Gasteiger charge is -2.22. The average molecular weight is 671 g/mol. The Morgan fingerprint density at radius 2 is 0.981 bits per heavy atom. The second-order valence-electron chi connectivity index (χ2n) is 14.2. The number of nitrogens with zero attached hydrogens (tertiary/aromatic N) is 2. The zero-order valence-corrected chi connectivity index (χ0v) is 28.5. The molecule has 0 spiro atoms. The predicted octanol–water partition coefficient (Wildman–Crippen LogP) is 12.8. The van der Waals surface area contributed by atoms with E-state index < -0.39 is 0 Å². The molecule has 0 unspecified atom stereocenters. The maximum atomic E-state index is 6.54. The summed E-state index contributed by atoms with van der Waals surface area (Å²) in [6, 6.07) is 50.4. The Balaban J connectivity index is 1.03. The SMILES string of the molecule is CC1(C)c2cc(-c3cccc(-c4cc(-c5nc6ccccc6o5)cc(-c5nc6ccccc6o5)c4)c3)ccc2-c2ccc3c(oc4ccccc43)c21. The minimum absolute atomic E-state index is 0.242. The number of oxazole rings is 2. The Bertz CT molecular complexity index is 2910. The van der Waals surface area contributed by atoms with Crippen LogP contribution in [0.5, 0.6) is 0 Å². The highest BCUT2D eigenvalue weighted by molar-refractivity contribution is 6.09. The number of rotatable bonds is 4. The number of hydrogen-bond acceptors (Lipinski definition) is 5. The summed E-state index contributed by atoms with van der Waals surface area (Å²) >= 11 is 0. The van der Waals surface area contributed by atoms with Crippen molar-refractivity contribution in [3.63, 3.8) is 0 Å². The highest BCUT2D eigenvalue weighted by atomic mass is 16.4. The molecular weight excluding hydrogens is 641 g/mol. The second kappa shape index (κ2) is 10.6. The van der Waals surface area contributed by atoms with Crippen LogP contribution in [0.2, 0.25) is 0 Å². The Morgan fingerprint density at radius 3 is 1.67 bits per heavy atom. The molecule has 0 radical (unpaired) electrons. The maximum Gasteiger partial charge on any atom is 0.227 e. The largest absolute Gasteiger partial charge is 0.456 e. The summed E-state index contributed by atoms with van der Waals surface area (Å²) in [5.74, 6) is 1.10. The lowest BCUT2D eigenvalue weighted by Crippen LogP contribution is -2.15. The van der Waals surface area contributed by atoms with Crippen molar-refractivity contribution >= 4 is 44.1 Å². The maximum absolute atomic E-state index is 6.54. The average Bonchev–Trinajstić information content (AvgIpc) is 3.96. The summed E-state index contributed by atoms with van der Waals surface area (Å²) < 4.78 is 19.0. The molecular formula is C47H30N2O3. The third kappa shape index (κ3) is 4.29. The van der Waals surface area contributed by atoms with Gasteiger partial charge in [0, 0.05) is 32.9 Å². The van der Waals surface area contributed by atoms with Gasteiger partial charge in [-0.1, -0.05) is 92.7 Å². The van der Waals surface area contributed by atoms with Crippen molar-refractivity contribution in [2.24, 2.45) is 0 Å². The molecule has 10 aromatic rings. The van der Waals surface area contributed by atoms with Crippen molar-refractivity contribution in [3.05, 3.63) is 157 Å². The van der Waals surface area contributed by atoms with Crippen molar-refractivity contribution in [1.29, 1.82) is 0 Å². The van der Waals surface area contributed by atoms with Crippen LogP contribution in [0.15, 0.2) is 159 Å². The quantitative estimate of drug-likeness (QED) is 0.186. The van der Waals surface area contributed by atoms with Crippen LogP contribution in [-0.2, 0) is 5.41 Å². The third-order valence-corrected chi connectivity index (χ3v) is 10.7. The molecule has 5 heteroatoms. The molecule has 1 aliphatic carbocycles. The zero-order chi connectivity index (χ0) is 34.6. The number of para-hydroxylation sites is 5. The van der Waals surface area contributed by atoms with E-state index in [1.54, 1.807) is 0 Å². The van der Waals surface area contributed by atoms with Gasteiger partial charge in [-0.05, 0) is 106 Å². The van der Waals surface area contributed by atoms with E-state index in [1.807, 2.05) is 60.7 Å². The molecule has 0 amide bonds. The molecule has 0 atom stereocenters. The monoisotopic (exact) mass is 670 g/mol. The molecule has 0 saturated heterocycles. The number of aromatic nitrogens is 2. The molecule has 246 valence electrons. The van der Waals surface area contributed by atoms with E-state index in [0.717, 1.165) is 72.1 Å². The van der Waals surface area contributed by atoms with Gasteiger partial charge in [-0.2, -0.15) is 0 Å². The Kier molecular flexibility index (Phi) is 5.95. The highest BCUT2D eigenvalue weighted by Crippen LogP contribution is 2.53. The Labute approximate surface area is 298 Å². The summed E-state index contributed by atoms with van der Waals surface area (Å²) in [5, 5.41) is 2.32. The first-order valence-electron chi connectivity index (χ1n) is 17.6. The van der Waals surface area contributed by atoms with E-state index in [-0.39, 0.29) is 5.41 Å². The Hall–Kier alpha value is -6.72. The van der Waals surface area contributed by atoms with Crippen molar-refractivity contribution in [1.82, 2.24) is 9.97 Å². The number of hydrogen-bond donors (Lipinski definition) is 0. The van der Waals surface area contributed by atoms with Crippen molar-refractivity contribution in [2.75, 3.05) is 0 Å². The first-order chi connectivity index (χ1) is 25.5. The van der Waals surface area contributed by atoms with Gasteiger partial charge >= 0.3 is 0 Å². The molecule has 5 nitrogen and oxygen atoms in total. The van der Waals surface area contributed by atoms with Crippen LogP contribution in [-0.4, -0.2) is 9.97 Å². The first kappa shape index (κ1) is 29.1. The van der Waals surface area contributed by atoms with Gasteiger partial charge in [-0.15, -0.1) is 0 Å². The van der Waals surface area contributed by atoms with Crippen LogP contribution < -0.4 is 0 Å². The van der Waals surface area contributed by atoms with Crippen LogP contribution >= 0.6 is 0 Å². The summed E-state index contributed by atoms with van der Waals surface area (Å²) in [6.45, 7) is 4.63. The van der Waals surface area contributed by atoms with E-state index in [9.17, 15) is 0 Å². The van der Waals surface area contributed by atoms with Gasteiger partial charge < -0.3 is 13.3 Å². The summed E-state index contributed by atoms with van der Waals surface area (Å²) in [7, 11) is 0. The van der Waals surface area contributed by atoms with Crippen LogP contribution in [0.4, 0.5) is 0 Å². The first-order valence-corrected chi connectivity index (χ1v) is 17.6. The number of benzene rings is 7. The predicted molar refractivity (Wildman–Crippen MR) is 208 cm³/mol. The van der Waals surface area contributed by atoms with Crippen LogP contribution in [0.25, 0.3) is 100 Å². The van der Waals surface area contributed by atoms with Crippen molar-refractivity contribution in [3.8, 4) is 56.3 Å². The molecule has 0 fully saturated rings. The molecule has 3 heterocycles. The van der Waals surface area contributed by atoms with Gasteiger partial charge in [-0.25, -0.2) is 9.97 Å². The second-order valence-corrected chi connectivity index (χ2v) is 14.2. The zero-order valence-electron chi connectivity index (χ0n) is 28.5. The molecule has 0 aliphatic heterocycles. The molecule has 0 bridgehead atoms. The lowest BCUT2D eigenvalue weighted by molar-refractivity contribution is 0.617. The van der Waals surface area contributed by atoms with Gasteiger partial charge in [0.1, 0.15) is 22.2 Å². The fourth-order valence-corrected chi connectivity index (χ4v) is 8.16. The summed E-state index contributed by atoms with van der Waals surface area (Å²) in [4.78, 5) is 9.66. The minimum atomic E-state index is -0.242. The summed E-state index contributed by atoms with van der Waals surface area (Å²) in [6.07, 6.45) is 0. The number of furan rings is 1. The molecule has 3 aromatic heterocycles. The minimum Gasteiger partial charge on any atom is -0.456 e. The van der Waals surface area contributed by atoms with E-state index in [0.29, 0.717) is 11.8 Å². The normalized spacial score (nSPS) is 13.3. The topological polar surface area (TPSA) is 65.2 Å². The van der Waals surface area contributed by atoms with E-state index in [4.69, 9.17) is 23.2 Å². The number of fused-ring (bicyclic) bond motifs is 9. The van der Waals surface area contributed by atoms with E-state index >= 15 is 0 Å². The molecule has 52 heavy (non-hydrogen) atoms. The Morgan fingerprint density at radius 1 is 0.423 bits per heavy atom. The lowest BCUT2D eigenvalue weighted by atomic mass is 9.81. The third-order valence-electron chi connectivity index (χ3n) is 10.7. The van der Waals surface area contributed by atoms with Gasteiger partial charge in [-0.3, -0.25) is 0 Å². The van der Waals surface area contributed by atoms with Gasteiger partial charge in [0.15, 0.2) is 11.2 Å². The molecule has 7 aromatic carbocycles. The van der Waals surface area contributed by atoms with Gasteiger partial charge in [0.25, 0.3) is 0 Å². The van der Waals surface area contributed by atoms with Crippen LogP contribution in [0, 0.1) is 0 Å².